The Labute approximate surface area is 147 Å². The zero-order valence-corrected chi connectivity index (χ0v) is 15.3. The molecule has 0 aromatic carbocycles. The Balaban J connectivity index is 1.71. The number of likely N-dealkylation sites (tertiary alicyclic amines) is 1. The highest BCUT2D eigenvalue weighted by atomic mass is 32.1. The average Bonchev–Trinajstić information content (AvgIpc) is 3.08. The summed E-state index contributed by atoms with van der Waals surface area (Å²) in [5, 5.41) is 5.15. The first-order valence-electron chi connectivity index (χ1n) is 8.58. The highest BCUT2D eigenvalue weighted by Crippen LogP contribution is 2.13. The van der Waals surface area contributed by atoms with E-state index in [2.05, 4.69) is 28.6 Å². The fourth-order valence-corrected chi connectivity index (χ4v) is 3.55. The van der Waals surface area contributed by atoms with Crippen molar-refractivity contribution in [1.82, 2.24) is 15.1 Å². The highest BCUT2D eigenvalue weighted by molar-refractivity contribution is 7.09. The van der Waals surface area contributed by atoms with Crippen molar-refractivity contribution >= 4 is 23.3 Å². The number of rotatable bonds is 7. The van der Waals surface area contributed by atoms with Gasteiger partial charge in [0, 0.05) is 30.6 Å². The molecule has 0 atom stereocenters. The fourth-order valence-electron chi connectivity index (χ4n) is 2.80. The molecule has 1 aliphatic heterocycles. The second kappa shape index (κ2) is 9.64. The van der Waals surface area contributed by atoms with Gasteiger partial charge in [-0.25, -0.2) is 4.79 Å². The molecular weight excluding hydrogens is 326 g/mol. The van der Waals surface area contributed by atoms with Crippen LogP contribution >= 0.6 is 11.3 Å². The molecule has 2 heterocycles. The van der Waals surface area contributed by atoms with E-state index in [1.54, 1.807) is 23.2 Å². The first-order valence-corrected chi connectivity index (χ1v) is 9.46. The SMILES string of the molecule is CCOC(=O)N1CCC(NC(=O)CN(CC)Cc2cccs2)CC1. The number of nitrogens with one attached hydrogen (secondary N) is 1. The molecule has 2 rings (SSSR count). The molecule has 6 nitrogen and oxygen atoms in total. The van der Waals surface area contributed by atoms with E-state index in [0.717, 1.165) is 25.9 Å². The fraction of sp³-hybridized carbons (Fsp3) is 0.647. The van der Waals surface area contributed by atoms with Gasteiger partial charge in [-0.2, -0.15) is 0 Å². The smallest absolute Gasteiger partial charge is 0.409 e. The Morgan fingerprint density at radius 1 is 1.38 bits per heavy atom. The van der Waals surface area contributed by atoms with Gasteiger partial charge in [0.2, 0.25) is 5.91 Å². The molecule has 1 N–H and O–H groups in total. The lowest BCUT2D eigenvalue weighted by Gasteiger charge is -2.32. The van der Waals surface area contributed by atoms with Crippen molar-refractivity contribution < 1.29 is 14.3 Å². The standard InChI is InChI=1S/C17H27N3O3S/c1-3-19(12-15-6-5-11-24-15)13-16(21)18-14-7-9-20(10-8-14)17(22)23-4-2/h5-6,11,14H,3-4,7-10,12-13H2,1-2H3,(H,18,21). The molecule has 134 valence electrons. The number of likely N-dealkylation sites (N-methyl/N-ethyl adjacent to an activating group) is 1. The lowest BCUT2D eigenvalue weighted by molar-refractivity contribution is -0.123. The molecule has 0 spiro atoms. The van der Waals surface area contributed by atoms with E-state index in [1.807, 2.05) is 6.07 Å². The Bertz CT molecular complexity index is 513. The summed E-state index contributed by atoms with van der Waals surface area (Å²) in [5.41, 5.74) is 0. The molecule has 0 unspecified atom stereocenters. The van der Waals surface area contributed by atoms with Crippen LogP contribution in [0.5, 0.6) is 0 Å². The maximum absolute atomic E-state index is 12.3. The first kappa shape index (κ1) is 18.7. The number of ether oxygens (including phenoxy) is 1. The Hall–Kier alpha value is -1.60. The van der Waals surface area contributed by atoms with Gasteiger partial charge < -0.3 is 15.0 Å². The van der Waals surface area contributed by atoms with Crippen LogP contribution in [0.25, 0.3) is 0 Å². The molecule has 1 fully saturated rings. The van der Waals surface area contributed by atoms with E-state index in [-0.39, 0.29) is 18.0 Å². The number of carbonyl (C=O) groups is 2. The quantitative estimate of drug-likeness (QED) is 0.817. The monoisotopic (exact) mass is 353 g/mol. The minimum atomic E-state index is -0.254. The molecule has 1 aliphatic rings. The van der Waals surface area contributed by atoms with Gasteiger partial charge in [0.15, 0.2) is 0 Å². The van der Waals surface area contributed by atoms with E-state index >= 15 is 0 Å². The van der Waals surface area contributed by atoms with Gasteiger partial charge in [0.1, 0.15) is 0 Å². The normalized spacial score (nSPS) is 15.5. The summed E-state index contributed by atoms with van der Waals surface area (Å²) in [5.74, 6) is 0.0583. The molecule has 1 aromatic heterocycles. The second-order valence-corrected chi connectivity index (χ2v) is 6.94. The van der Waals surface area contributed by atoms with Crippen molar-refractivity contribution in [2.75, 3.05) is 32.8 Å². The molecule has 0 aliphatic carbocycles. The third kappa shape index (κ3) is 5.79. The minimum Gasteiger partial charge on any atom is -0.450 e. The van der Waals surface area contributed by atoms with Crippen molar-refractivity contribution in [3.8, 4) is 0 Å². The van der Waals surface area contributed by atoms with Gasteiger partial charge in [-0.1, -0.05) is 13.0 Å². The van der Waals surface area contributed by atoms with Crippen LogP contribution in [0.3, 0.4) is 0 Å². The van der Waals surface area contributed by atoms with E-state index in [0.29, 0.717) is 26.2 Å². The summed E-state index contributed by atoms with van der Waals surface area (Å²) in [7, 11) is 0. The Kier molecular flexibility index (Phi) is 7.52. The van der Waals surface area contributed by atoms with Crippen molar-refractivity contribution in [1.29, 1.82) is 0 Å². The topological polar surface area (TPSA) is 61.9 Å². The molecule has 2 amide bonds. The number of hydrogen-bond acceptors (Lipinski definition) is 5. The lowest BCUT2D eigenvalue weighted by atomic mass is 10.1. The van der Waals surface area contributed by atoms with Crippen LogP contribution in [0.15, 0.2) is 17.5 Å². The number of thiophene rings is 1. The number of hydrogen-bond donors (Lipinski definition) is 1. The lowest BCUT2D eigenvalue weighted by Crippen LogP contribution is -2.48. The summed E-state index contributed by atoms with van der Waals surface area (Å²) < 4.78 is 5.01. The second-order valence-electron chi connectivity index (χ2n) is 5.91. The van der Waals surface area contributed by atoms with E-state index < -0.39 is 0 Å². The Morgan fingerprint density at radius 2 is 2.12 bits per heavy atom. The summed E-state index contributed by atoms with van der Waals surface area (Å²) >= 11 is 1.71. The maximum atomic E-state index is 12.3. The van der Waals surface area contributed by atoms with Crippen LogP contribution < -0.4 is 5.32 Å². The molecule has 0 bridgehead atoms. The predicted octanol–water partition coefficient (Wildman–Crippen LogP) is 2.31. The van der Waals surface area contributed by atoms with Crippen LogP contribution in [0.2, 0.25) is 0 Å². The highest BCUT2D eigenvalue weighted by Gasteiger charge is 2.24. The van der Waals surface area contributed by atoms with E-state index in [4.69, 9.17) is 4.74 Å². The zero-order valence-electron chi connectivity index (χ0n) is 14.5. The molecule has 24 heavy (non-hydrogen) atoms. The number of nitrogens with zero attached hydrogens (tertiary/aromatic N) is 2. The summed E-state index contributed by atoms with van der Waals surface area (Å²) in [4.78, 5) is 29.1. The Morgan fingerprint density at radius 3 is 2.71 bits per heavy atom. The largest absolute Gasteiger partial charge is 0.450 e. The maximum Gasteiger partial charge on any atom is 0.409 e. The average molecular weight is 353 g/mol. The summed E-state index contributed by atoms with van der Waals surface area (Å²) in [6.45, 7) is 7.60. The molecular formula is C17H27N3O3S. The molecule has 7 heteroatoms. The number of carbonyl (C=O) groups excluding carboxylic acids is 2. The van der Waals surface area contributed by atoms with E-state index in [9.17, 15) is 9.59 Å². The van der Waals surface area contributed by atoms with E-state index in [1.165, 1.54) is 4.88 Å². The van der Waals surface area contributed by atoms with Crippen molar-refractivity contribution in [3.05, 3.63) is 22.4 Å². The van der Waals surface area contributed by atoms with Crippen LogP contribution in [0.1, 0.15) is 31.6 Å². The van der Waals surface area contributed by atoms with Gasteiger partial charge in [0.05, 0.1) is 13.2 Å². The van der Waals surface area contributed by atoms with Crippen molar-refractivity contribution in [2.24, 2.45) is 0 Å². The third-order valence-electron chi connectivity index (χ3n) is 4.16. The number of amides is 2. The zero-order chi connectivity index (χ0) is 17.4. The van der Waals surface area contributed by atoms with Gasteiger partial charge in [-0.05, 0) is 37.8 Å². The molecule has 0 radical (unpaired) electrons. The van der Waals surface area contributed by atoms with Crippen molar-refractivity contribution in [2.45, 2.75) is 39.3 Å². The van der Waals surface area contributed by atoms with Crippen LogP contribution in [0.4, 0.5) is 4.79 Å². The van der Waals surface area contributed by atoms with Gasteiger partial charge in [-0.3, -0.25) is 9.69 Å². The summed E-state index contributed by atoms with van der Waals surface area (Å²) in [6.07, 6.45) is 1.30. The summed E-state index contributed by atoms with van der Waals surface area (Å²) in [6, 6.07) is 4.27. The predicted molar refractivity (Wildman–Crippen MR) is 95.0 cm³/mol. The van der Waals surface area contributed by atoms with Gasteiger partial charge >= 0.3 is 6.09 Å². The minimum absolute atomic E-state index is 0.0583. The number of piperidine rings is 1. The van der Waals surface area contributed by atoms with Crippen LogP contribution in [-0.4, -0.2) is 60.6 Å². The van der Waals surface area contributed by atoms with Gasteiger partial charge in [0.25, 0.3) is 0 Å². The first-order chi connectivity index (χ1) is 11.6. The molecule has 0 saturated carbocycles. The molecule has 1 saturated heterocycles. The molecule has 1 aromatic rings. The van der Waals surface area contributed by atoms with Crippen LogP contribution in [0, 0.1) is 0 Å². The van der Waals surface area contributed by atoms with Crippen LogP contribution in [-0.2, 0) is 16.1 Å². The van der Waals surface area contributed by atoms with Crippen molar-refractivity contribution in [3.63, 3.8) is 0 Å². The third-order valence-corrected chi connectivity index (χ3v) is 5.02. The van der Waals surface area contributed by atoms with Gasteiger partial charge in [-0.15, -0.1) is 11.3 Å².